The largest absolute Gasteiger partial charge is 0.472 e. The standard InChI is InChI=1S/C60H113O11P/c1-4-7-10-13-16-19-22-24-26-28-30-32-35-38-41-44-47-50-59(63)70-56(52-61)54-68-72(65,66)69-55-57(53-67-58(62)49-46-43-40-37-34-21-18-15-12-9-6-3)71-60(64)51-48-45-42-39-36-33-31-29-27-25-23-20-17-14-11-8-5-2/h24-27,56-57,61H,4-23,28-55H2,1-3H3,(H,65,66)/b26-24-,27-25-. The van der Waals surface area contributed by atoms with Crippen molar-refractivity contribution >= 4 is 25.7 Å². The van der Waals surface area contributed by atoms with Crippen LogP contribution < -0.4 is 0 Å². The lowest BCUT2D eigenvalue weighted by molar-refractivity contribution is -0.161. The molecule has 12 heteroatoms. The summed E-state index contributed by atoms with van der Waals surface area (Å²) in [5.41, 5.74) is 0. The van der Waals surface area contributed by atoms with Gasteiger partial charge in [-0.05, 0) is 70.6 Å². The number of rotatable bonds is 57. The van der Waals surface area contributed by atoms with Crippen molar-refractivity contribution < 1.29 is 52.2 Å². The van der Waals surface area contributed by atoms with Crippen molar-refractivity contribution in [3.63, 3.8) is 0 Å². The second-order valence-corrected chi connectivity index (χ2v) is 22.0. The lowest BCUT2D eigenvalue weighted by atomic mass is 10.1. The van der Waals surface area contributed by atoms with Crippen LogP contribution in [0.1, 0.15) is 303 Å². The summed E-state index contributed by atoms with van der Waals surface area (Å²) in [5, 5.41) is 9.82. The average Bonchev–Trinajstić information content (AvgIpc) is 3.37. The van der Waals surface area contributed by atoms with E-state index in [0.29, 0.717) is 19.3 Å². The van der Waals surface area contributed by atoms with E-state index in [9.17, 15) is 28.9 Å². The summed E-state index contributed by atoms with van der Waals surface area (Å²) in [5.74, 6) is -1.45. The van der Waals surface area contributed by atoms with Gasteiger partial charge in [-0.15, -0.1) is 0 Å². The predicted molar refractivity (Wildman–Crippen MR) is 298 cm³/mol. The van der Waals surface area contributed by atoms with Gasteiger partial charge in [0.25, 0.3) is 0 Å². The molecule has 0 radical (unpaired) electrons. The Kier molecular flexibility index (Phi) is 53.6. The number of aliphatic hydroxyl groups is 1. The molecule has 0 aliphatic rings. The smallest absolute Gasteiger partial charge is 0.462 e. The number of unbranched alkanes of at least 4 members (excludes halogenated alkanes) is 36. The first-order chi connectivity index (χ1) is 35.2. The minimum absolute atomic E-state index is 0.168. The minimum atomic E-state index is -4.74. The topological polar surface area (TPSA) is 155 Å². The van der Waals surface area contributed by atoms with Crippen LogP contribution in [0, 0.1) is 0 Å². The van der Waals surface area contributed by atoms with Crippen LogP contribution in [0.2, 0.25) is 0 Å². The van der Waals surface area contributed by atoms with Gasteiger partial charge in [-0.2, -0.15) is 0 Å². The monoisotopic (exact) mass is 1040 g/mol. The van der Waals surface area contributed by atoms with Crippen LogP contribution >= 0.6 is 7.82 Å². The molecule has 0 aromatic rings. The molecule has 0 fully saturated rings. The Balaban J connectivity index is 4.63. The van der Waals surface area contributed by atoms with Gasteiger partial charge in [0.05, 0.1) is 19.8 Å². The molecule has 0 bridgehead atoms. The summed E-state index contributed by atoms with van der Waals surface area (Å²) in [7, 11) is -4.74. The molecule has 0 heterocycles. The van der Waals surface area contributed by atoms with E-state index in [0.717, 1.165) is 70.6 Å². The van der Waals surface area contributed by atoms with Gasteiger partial charge in [0.2, 0.25) is 0 Å². The molecule has 0 aromatic heterocycles. The fourth-order valence-corrected chi connectivity index (χ4v) is 9.48. The summed E-state index contributed by atoms with van der Waals surface area (Å²) in [6.45, 7) is 4.67. The Morgan fingerprint density at radius 2 is 0.639 bits per heavy atom. The first-order valence-electron chi connectivity index (χ1n) is 30.2. The number of allylic oxidation sites excluding steroid dienone is 4. The summed E-state index contributed by atoms with van der Waals surface area (Å²) in [6.07, 6.45) is 55.6. The van der Waals surface area contributed by atoms with Crippen LogP contribution in [-0.2, 0) is 42.2 Å². The second-order valence-electron chi connectivity index (χ2n) is 20.5. The zero-order valence-electron chi connectivity index (χ0n) is 46.9. The summed E-state index contributed by atoms with van der Waals surface area (Å²) >= 11 is 0. The number of phosphoric ester groups is 1. The second kappa shape index (κ2) is 55.2. The van der Waals surface area contributed by atoms with Gasteiger partial charge in [0.1, 0.15) is 12.7 Å². The summed E-state index contributed by atoms with van der Waals surface area (Å²) in [4.78, 5) is 48.5. The van der Waals surface area contributed by atoms with E-state index < -0.39 is 57.8 Å². The highest BCUT2D eigenvalue weighted by molar-refractivity contribution is 7.47. The van der Waals surface area contributed by atoms with Gasteiger partial charge < -0.3 is 24.2 Å². The van der Waals surface area contributed by atoms with Gasteiger partial charge in [-0.25, -0.2) is 4.57 Å². The third-order valence-electron chi connectivity index (χ3n) is 13.3. The molecule has 11 nitrogen and oxygen atoms in total. The van der Waals surface area contributed by atoms with Crippen LogP contribution in [0.4, 0.5) is 0 Å². The molecular weight excluding hydrogens is 928 g/mol. The zero-order chi connectivity index (χ0) is 52.7. The molecule has 424 valence electrons. The lowest BCUT2D eigenvalue weighted by Gasteiger charge is -2.21. The van der Waals surface area contributed by atoms with Crippen molar-refractivity contribution in [2.45, 2.75) is 315 Å². The molecule has 0 saturated carbocycles. The van der Waals surface area contributed by atoms with E-state index in [4.69, 9.17) is 23.3 Å². The molecule has 0 spiro atoms. The molecular formula is C60H113O11P. The Morgan fingerprint density at radius 1 is 0.375 bits per heavy atom. The number of ether oxygens (including phenoxy) is 3. The van der Waals surface area contributed by atoms with E-state index in [2.05, 4.69) is 45.1 Å². The molecule has 0 rings (SSSR count). The highest BCUT2D eigenvalue weighted by atomic mass is 31.2. The van der Waals surface area contributed by atoms with E-state index >= 15 is 0 Å². The number of phosphoric acid groups is 1. The first-order valence-corrected chi connectivity index (χ1v) is 31.7. The van der Waals surface area contributed by atoms with E-state index in [1.54, 1.807) is 0 Å². The predicted octanol–water partition coefficient (Wildman–Crippen LogP) is 17.8. The molecule has 0 amide bonds. The normalized spacial score (nSPS) is 13.5. The fraction of sp³-hybridized carbons (Fsp3) is 0.883. The van der Waals surface area contributed by atoms with Gasteiger partial charge in [-0.3, -0.25) is 23.4 Å². The lowest BCUT2D eigenvalue weighted by Crippen LogP contribution is -2.30. The van der Waals surface area contributed by atoms with Crippen LogP contribution in [0.3, 0.4) is 0 Å². The van der Waals surface area contributed by atoms with Crippen LogP contribution in [0.25, 0.3) is 0 Å². The van der Waals surface area contributed by atoms with Crippen molar-refractivity contribution in [1.82, 2.24) is 0 Å². The van der Waals surface area contributed by atoms with Crippen molar-refractivity contribution in [1.29, 1.82) is 0 Å². The first kappa shape index (κ1) is 70.0. The third kappa shape index (κ3) is 52.8. The third-order valence-corrected chi connectivity index (χ3v) is 14.3. The summed E-state index contributed by atoms with van der Waals surface area (Å²) in [6, 6.07) is 0. The highest BCUT2D eigenvalue weighted by Gasteiger charge is 2.28. The number of hydrogen-bond donors (Lipinski definition) is 2. The van der Waals surface area contributed by atoms with Crippen molar-refractivity contribution in [3.05, 3.63) is 24.3 Å². The molecule has 0 saturated heterocycles. The molecule has 2 N–H and O–H groups in total. The molecule has 0 aliphatic heterocycles. The van der Waals surface area contributed by atoms with Crippen LogP contribution in [0.5, 0.6) is 0 Å². The zero-order valence-corrected chi connectivity index (χ0v) is 47.8. The van der Waals surface area contributed by atoms with Crippen molar-refractivity contribution in [3.8, 4) is 0 Å². The molecule has 3 unspecified atom stereocenters. The Bertz CT molecular complexity index is 1310. The Morgan fingerprint density at radius 3 is 0.958 bits per heavy atom. The molecule has 3 atom stereocenters. The maximum absolute atomic E-state index is 12.9. The Hall–Kier alpha value is -2.04. The minimum Gasteiger partial charge on any atom is -0.462 e. The van der Waals surface area contributed by atoms with Crippen molar-refractivity contribution in [2.24, 2.45) is 0 Å². The SMILES string of the molecule is CCCCCCCC/C=C\CCCCCCCCCC(=O)OC(CO)COP(=O)(O)OCC(COC(=O)CCCCCCCCCCCCC)OC(=O)CCCCCCCCC/C=C\CCCCCCCC. The van der Waals surface area contributed by atoms with Crippen LogP contribution in [-0.4, -0.2) is 66.5 Å². The van der Waals surface area contributed by atoms with E-state index in [-0.39, 0.29) is 25.9 Å². The number of esters is 3. The van der Waals surface area contributed by atoms with Gasteiger partial charge in [0.15, 0.2) is 6.10 Å². The molecule has 0 aliphatic carbocycles. The number of hydrogen-bond acceptors (Lipinski definition) is 10. The summed E-state index contributed by atoms with van der Waals surface area (Å²) < 4.78 is 39.6. The average molecular weight is 1040 g/mol. The molecule has 0 aromatic carbocycles. The number of carbonyl (C=O) groups is 3. The van der Waals surface area contributed by atoms with Gasteiger partial charge >= 0.3 is 25.7 Å². The maximum Gasteiger partial charge on any atom is 0.472 e. The number of aliphatic hydroxyl groups excluding tert-OH is 1. The molecule has 72 heavy (non-hydrogen) atoms. The maximum atomic E-state index is 12.9. The van der Waals surface area contributed by atoms with Gasteiger partial charge in [0, 0.05) is 19.3 Å². The number of carbonyl (C=O) groups excluding carboxylic acids is 3. The fourth-order valence-electron chi connectivity index (χ4n) is 8.70. The van der Waals surface area contributed by atoms with Crippen molar-refractivity contribution in [2.75, 3.05) is 26.4 Å². The van der Waals surface area contributed by atoms with E-state index in [1.165, 1.54) is 173 Å². The van der Waals surface area contributed by atoms with Crippen LogP contribution in [0.15, 0.2) is 24.3 Å². The van der Waals surface area contributed by atoms with Gasteiger partial charge in [-0.1, -0.05) is 238 Å². The highest BCUT2D eigenvalue weighted by Crippen LogP contribution is 2.43. The Labute approximate surface area is 442 Å². The quantitative estimate of drug-likeness (QED) is 0.0197. The van der Waals surface area contributed by atoms with E-state index in [1.807, 2.05) is 0 Å².